The third-order valence-electron chi connectivity index (χ3n) is 3.96. The van der Waals surface area contributed by atoms with Crippen LogP contribution in [0.5, 0.6) is 5.75 Å². The summed E-state index contributed by atoms with van der Waals surface area (Å²) >= 11 is 0. The van der Waals surface area contributed by atoms with Gasteiger partial charge in [-0.3, -0.25) is 9.78 Å². The lowest BCUT2D eigenvalue weighted by molar-refractivity contribution is -0.116. The summed E-state index contributed by atoms with van der Waals surface area (Å²) in [6.45, 7) is 0.200. The van der Waals surface area contributed by atoms with Gasteiger partial charge in [-0.05, 0) is 48.0 Å². The number of pyridine rings is 1. The van der Waals surface area contributed by atoms with E-state index in [2.05, 4.69) is 10.3 Å². The Kier molecular flexibility index (Phi) is 6.69. The van der Waals surface area contributed by atoms with Crippen molar-refractivity contribution in [3.8, 4) is 11.8 Å². The molecule has 0 aliphatic heterocycles. The Morgan fingerprint density at radius 2 is 1.97 bits per heavy atom. The van der Waals surface area contributed by atoms with Gasteiger partial charge >= 0.3 is 0 Å². The van der Waals surface area contributed by atoms with Gasteiger partial charge in [-0.2, -0.15) is 5.26 Å². The lowest BCUT2D eigenvalue weighted by atomic mass is 10.1. The molecule has 1 N–H and O–H groups in total. The molecule has 0 atom stereocenters. The van der Waals surface area contributed by atoms with E-state index in [1.165, 1.54) is 18.3 Å². The van der Waals surface area contributed by atoms with Gasteiger partial charge < -0.3 is 10.1 Å². The van der Waals surface area contributed by atoms with Crippen molar-refractivity contribution in [2.75, 3.05) is 11.9 Å². The molecule has 0 saturated heterocycles. The van der Waals surface area contributed by atoms with E-state index in [1.807, 2.05) is 36.4 Å². The molecule has 1 aromatic heterocycles. The summed E-state index contributed by atoms with van der Waals surface area (Å²) < 4.78 is 19.5. The van der Waals surface area contributed by atoms with Gasteiger partial charge in [-0.15, -0.1) is 0 Å². The SMILES string of the molecule is N#CC(=Cc1cccc(OCCC(=O)Nc2ccccc2)c1)c1ncccc1F. The third-order valence-corrected chi connectivity index (χ3v) is 3.96. The average Bonchev–Trinajstić information content (AvgIpc) is 2.74. The molecule has 0 aliphatic rings. The molecular formula is C23H18FN3O2. The maximum Gasteiger partial charge on any atom is 0.227 e. The first kappa shape index (κ1) is 19.8. The number of anilines is 1. The summed E-state index contributed by atoms with van der Waals surface area (Å²) in [6.07, 6.45) is 3.17. The fourth-order valence-electron chi connectivity index (χ4n) is 2.60. The number of benzene rings is 2. The highest BCUT2D eigenvalue weighted by Crippen LogP contribution is 2.21. The zero-order valence-electron chi connectivity index (χ0n) is 15.5. The number of para-hydroxylation sites is 1. The Bertz CT molecular complexity index is 1060. The van der Waals surface area contributed by atoms with Crippen LogP contribution in [0.25, 0.3) is 11.6 Å². The summed E-state index contributed by atoms with van der Waals surface area (Å²) in [6, 6.07) is 20.9. The Hall–Kier alpha value is -3.98. The zero-order valence-corrected chi connectivity index (χ0v) is 15.5. The highest BCUT2D eigenvalue weighted by Gasteiger charge is 2.09. The van der Waals surface area contributed by atoms with Crippen molar-refractivity contribution < 1.29 is 13.9 Å². The Morgan fingerprint density at radius 1 is 1.14 bits per heavy atom. The van der Waals surface area contributed by atoms with Crippen molar-refractivity contribution in [2.24, 2.45) is 0 Å². The van der Waals surface area contributed by atoms with Crippen LogP contribution < -0.4 is 10.1 Å². The number of allylic oxidation sites excluding steroid dienone is 1. The lowest BCUT2D eigenvalue weighted by Crippen LogP contribution is -2.15. The number of carbonyl (C=O) groups is 1. The smallest absolute Gasteiger partial charge is 0.227 e. The first-order chi connectivity index (χ1) is 14.2. The minimum Gasteiger partial charge on any atom is -0.493 e. The quantitative estimate of drug-likeness (QED) is 0.597. The van der Waals surface area contributed by atoms with Gasteiger partial charge in [-0.25, -0.2) is 4.39 Å². The van der Waals surface area contributed by atoms with Crippen LogP contribution in [0.3, 0.4) is 0 Å². The maximum absolute atomic E-state index is 13.9. The summed E-state index contributed by atoms with van der Waals surface area (Å²) in [5, 5.41) is 12.1. The highest BCUT2D eigenvalue weighted by atomic mass is 19.1. The molecule has 6 heteroatoms. The molecule has 1 amide bonds. The molecule has 144 valence electrons. The number of hydrogen-bond donors (Lipinski definition) is 1. The third kappa shape index (κ3) is 5.75. The second-order valence-electron chi connectivity index (χ2n) is 6.09. The topological polar surface area (TPSA) is 75.0 Å². The maximum atomic E-state index is 13.9. The van der Waals surface area contributed by atoms with Crippen LogP contribution in [0, 0.1) is 17.1 Å². The van der Waals surface area contributed by atoms with Gasteiger partial charge in [0, 0.05) is 11.9 Å². The van der Waals surface area contributed by atoms with Crippen molar-refractivity contribution in [2.45, 2.75) is 6.42 Å². The first-order valence-corrected chi connectivity index (χ1v) is 8.96. The number of ether oxygens (including phenoxy) is 1. The van der Waals surface area contributed by atoms with Gasteiger partial charge in [0.2, 0.25) is 5.91 Å². The summed E-state index contributed by atoms with van der Waals surface area (Å²) in [7, 11) is 0. The van der Waals surface area contributed by atoms with E-state index in [0.29, 0.717) is 11.3 Å². The number of nitrogens with one attached hydrogen (secondary N) is 1. The van der Waals surface area contributed by atoms with Crippen LogP contribution in [-0.4, -0.2) is 17.5 Å². The molecular weight excluding hydrogens is 369 g/mol. The van der Waals surface area contributed by atoms with Crippen LogP contribution in [0.1, 0.15) is 17.7 Å². The van der Waals surface area contributed by atoms with E-state index in [9.17, 15) is 14.4 Å². The minimum absolute atomic E-state index is 0.00101. The molecule has 0 bridgehead atoms. The molecule has 0 aliphatic carbocycles. The number of rotatable bonds is 7. The van der Waals surface area contributed by atoms with Crippen LogP contribution in [0.4, 0.5) is 10.1 Å². The van der Waals surface area contributed by atoms with Gasteiger partial charge in [0.15, 0.2) is 0 Å². The number of nitriles is 1. The summed E-state index contributed by atoms with van der Waals surface area (Å²) in [5.74, 6) is -0.160. The summed E-state index contributed by atoms with van der Waals surface area (Å²) in [5.41, 5.74) is 1.51. The van der Waals surface area contributed by atoms with E-state index in [4.69, 9.17) is 4.74 Å². The highest BCUT2D eigenvalue weighted by molar-refractivity contribution is 5.90. The van der Waals surface area contributed by atoms with Gasteiger partial charge in [0.25, 0.3) is 0 Å². The van der Waals surface area contributed by atoms with E-state index in [-0.39, 0.29) is 30.2 Å². The fraction of sp³-hybridized carbons (Fsp3) is 0.0870. The van der Waals surface area contributed by atoms with Crippen LogP contribution in [0.2, 0.25) is 0 Å². The molecule has 0 fully saturated rings. The molecule has 0 unspecified atom stereocenters. The largest absolute Gasteiger partial charge is 0.493 e. The molecule has 3 rings (SSSR count). The number of carbonyl (C=O) groups excluding carboxylic acids is 1. The van der Waals surface area contributed by atoms with Crippen LogP contribution >= 0.6 is 0 Å². The van der Waals surface area contributed by atoms with Crippen molar-refractivity contribution in [1.29, 1.82) is 5.26 Å². The predicted octanol–water partition coefficient (Wildman–Crippen LogP) is 4.69. The van der Waals surface area contributed by atoms with E-state index >= 15 is 0 Å². The van der Waals surface area contributed by atoms with Gasteiger partial charge in [0.05, 0.1) is 18.6 Å². The van der Waals surface area contributed by atoms with Crippen molar-refractivity contribution >= 4 is 23.2 Å². The van der Waals surface area contributed by atoms with Crippen molar-refractivity contribution in [3.63, 3.8) is 0 Å². The number of nitrogens with zero attached hydrogens (tertiary/aromatic N) is 2. The second-order valence-corrected chi connectivity index (χ2v) is 6.09. The van der Waals surface area contributed by atoms with Gasteiger partial charge in [-0.1, -0.05) is 30.3 Å². The molecule has 5 nitrogen and oxygen atoms in total. The van der Waals surface area contributed by atoms with Crippen LogP contribution in [0.15, 0.2) is 72.9 Å². The Labute approximate surface area is 168 Å². The molecule has 29 heavy (non-hydrogen) atoms. The van der Waals surface area contributed by atoms with Crippen molar-refractivity contribution in [3.05, 3.63) is 90.0 Å². The molecule has 3 aromatic rings. The molecule has 0 saturated carbocycles. The normalized spacial score (nSPS) is 10.8. The molecule has 2 aromatic carbocycles. The number of amides is 1. The number of aromatic nitrogens is 1. The summed E-state index contributed by atoms with van der Waals surface area (Å²) in [4.78, 5) is 15.9. The van der Waals surface area contributed by atoms with Gasteiger partial charge in [0.1, 0.15) is 23.3 Å². The Balaban J connectivity index is 1.61. The predicted molar refractivity (Wildman–Crippen MR) is 109 cm³/mol. The Morgan fingerprint density at radius 3 is 2.72 bits per heavy atom. The van der Waals surface area contributed by atoms with E-state index in [1.54, 1.807) is 30.3 Å². The molecule has 1 heterocycles. The van der Waals surface area contributed by atoms with E-state index < -0.39 is 5.82 Å². The monoisotopic (exact) mass is 387 g/mol. The standard InChI is InChI=1S/C23H18FN3O2/c24-21-10-5-12-26-23(21)18(16-25)14-17-6-4-9-20(15-17)29-13-11-22(28)27-19-7-2-1-3-8-19/h1-10,12,14-15H,11,13H2,(H,27,28). The molecule has 0 radical (unpaired) electrons. The average molecular weight is 387 g/mol. The van der Waals surface area contributed by atoms with Crippen molar-refractivity contribution in [1.82, 2.24) is 4.98 Å². The minimum atomic E-state index is -0.558. The fourth-order valence-corrected chi connectivity index (χ4v) is 2.60. The zero-order chi connectivity index (χ0) is 20.5. The second kappa shape index (κ2) is 9.81. The lowest BCUT2D eigenvalue weighted by Gasteiger charge is -2.08. The first-order valence-electron chi connectivity index (χ1n) is 8.96. The van der Waals surface area contributed by atoms with Crippen LogP contribution in [-0.2, 0) is 4.79 Å². The number of halogens is 1. The molecule has 0 spiro atoms. The number of hydrogen-bond acceptors (Lipinski definition) is 4. The van der Waals surface area contributed by atoms with E-state index in [0.717, 1.165) is 5.69 Å².